The normalized spacial score (nSPS) is 11.1. The molecule has 0 atom stereocenters. The van der Waals surface area contributed by atoms with Crippen LogP contribution in [-0.2, 0) is 6.42 Å². The van der Waals surface area contributed by atoms with Crippen LogP contribution in [-0.4, -0.2) is 19.8 Å². The first-order valence-electron chi connectivity index (χ1n) is 5.04. The van der Waals surface area contributed by atoms with Gasteiger partial charge in [0.05, 0.1) is 0 Å². The second kappa shape index (κ2) is 3.68. The van der Waals surface area contributed by atoms with Crippen LogP contribution in [0.25, 0.3) is 4.96 Å². The van der Waals surface area contributed by atoms with Crippen molar-refractivity contribution in [1.82, 2.24) is 19.8 Å². The smallest absolute Gasteiger partial charge is 0.187 e. The van der Waals surface area contributed by atoms with Crippen LogP contribution < -0.4 is 0 Å². The van der Waals surface area contributed by atoms with Crippen LogP contribution in [0.1, 0.15) is 16.4 Å². The molecular weight excluding hydrogens is 220 g/mol. The molecule has 2 heterocycles. The van der Waals surface area contributed by atoms with E-state index in [0.29, 0.717) is 0 Å². The number of aryl methyl sites for hydroxylation is 1. The first-order chi connectivity index (χ1) is 7.83. The number of fused-ring (bicyclic) bond motifs is 1. The van der Waals surface area contributed by atoms with Gasteiger partial charge in [0.25, 0.3) is 0 Å². The molecule has 2 aromatic heterocycles. The molecule has 0 bridgehead atoms. The zero-order valence-corrected chi connectivity index (χ0v) is 9.61. The van der Waals surface area contributed by atoms with E-state index in [2.05, 4.69) is 27.4 Å². The Morgan fingerprint density at radius 1 is 1.19 bits per heavy atom. The Kier molecular flexibility index (Phi) is 2.18. The molecule has 0 spiro atoms. The van der Waals surface area contributed by atoms with Crippen LogP contribution in [0, 0.1) is 6.92 Å². The zero-order valence-electron chi connectivity index (χ0n) is 8.79. The maximum absolute atomic E-state index is 4.38. The quantitative estimate of drug-likeness (QED) is 0.677. The van der Waals surface area contributed by atoms with E-state index in [9.17, 15) is 0 Å². The summed E-state index contributed by atoms with van der Waals surface area (Å²) in [6.07, 6.45) is 0.769. The van der Waals surface area contributed by atoms with Crippen LogP contribution in [0.5, 0.6) is 0 Å². The molecule has 0 saturated carbocycles. The molecule has 0 unspecified atom stereocenters. The van der Waals surface area contributed by atoms with Crippen molar-refractivity contribution in [2.45, 2.75) is 13.3 Å². The predicted octanol–water partition coefficient (Wildman–Crippen LogP) is 2.09. The van der Waals surface area contributed by atoms with Gasteiger partial charge in [-0.25, -0.2) is 0 Å². The Hall–Kier alpha value is -1.75. The molecule has 0 N–H and O–H groups in total. The number of hydrogen-bond donors (Lipinski definition) is 0. The van der Waals surface area contributed by atoms with Crippen molar-refractivity contribution < 1.29 is 0 Å². The van der Waals surface area contributed by atoms with E-state index >= 15 is 0 Å². The van der Waals surface area contributed by atoms with Crippen molar-refractivity contribution in [3.05, 3.63) is 46.7 Å². The predicted molar refractivity (Wildman–Crippen MR) is 62.6 cm³/mol. The van der Waals surface area contributed by atoms with E-state index < -0.39 is 0 Å². The van der Waals surface area contributed by atoms with Crippen molar-refractivity contribution in [2.75, 3.05) is 0 Å². The van der Waals surface area contributed by atoms with Gasteiger partial charge in [0.2, 0.25) is 4.96 Å². The molecule has 0 aliphatic carbocycles. The summed E-state index contributed by atoms with van der Waals surface area (Å²) in [4.78, 5) is 0.864. The Balaban J connectivity index is 2.00. The number of nitrogens with zero attached hydrogens (tertiary/aromatic N) is 4. The first-order valence-corrected chi connectivity index (χ1v) is 5.86. The highest BCUT2D eigenvalue weighted by Crippen LogP contribution is 2.14. The zero-order chi connectivity index (χ0) is 11.0. The summed E-state index contributed by atoms with van der Waals surface area (Å²) in [5.41, 5.74) is 1.22. The molecule has 3 rings (SSSR count). The fraction of sp³-hybridized carbons (Fsp3) is 0.182. The van der Waals surface area contributed by atoms with Crippen LogP contribution in [0.2, 0.25) is 0 Å². The maximum Gasteiger partial charge on any atom is 0.234 e. The topological polar surface area (TPSA) is 43.1 Å². The third kappa shape index (κ3) is 1.59. The van der Waals surface area contributed by atoms with E-state index in [1.165, 1.54) is 5.56 Å². The number of aromatic nitrogens is 4. The lowest BCUT2D eigenvalue weighted by molar-refractivity contribution is 0.840. The van der Waals surface area contributed by atoms with Crippen molar-refractivity contribution >= 4 is 16.3 Å². The van der Waals surface area contributed by atoms with Crippen LogP contribution in [0.3, 0.4) is 0 Å². The molecule has 0 aliphatic heterocycles. The third-order valence-corrected chi connectivity index (χ3v) is 3.18. The van der Waals surface area contributed by atoms with Crippen LogP contribution in [0.15, 0.2) is 30.3 Å². The molecule has 0 saturated heterocycles. The van der Waals surface area contributed by atoms with Gasteiger partial charge < -0.3 is 0 Å². The third-order valence-electron chi connectivity index (χ3n) is 2.36. The van der Waals surface area contributed by atoms with Crippen LogP contribution in [0.4, 0.5) is 0 Å². The minimum Gasteiger partial charge on any atom is -0.187 e. The average Bonchev–Trinajstić information content (AvgIpc) is 2.81. The highest BCUT2D eigenvalue weighted by molar-refractivity contribution is 7.16. The van der Waals surface area contributed by atoms with Gasteiger partial charge in [-0.1, -0.05) is 41.7 Å². The fourth-order valence-electron chi connectivity index (χ4n) is 1.64. The van der Waals surface area contributed by atoms with Crippen molar-refractivity contribution in [3.63, 3.8) is 0 Å². The molecule has 80 valence electrons. The molecule has 0 fully saturated rings. The van der Waals surface area contributed by atoms with Gasteiger partial charge in [0.1, 0.15) is 5.01 Å². The van der Waals surface area contributed by atoms with Gasteiger partial charge in [-0.2, -0.15) is 9.61 Å². The average molecular weight is 230 g/mol. The molecular formula is C11H10N4S. The molecule has 4 nitrogen and oxygen atoms in total. The lowest BCUT2D eigenvalue weighted by Crippen LogP contribution is -1.97. The van der Waals surface area contributed by atoms with Gasteiger partial charge in [0.15, 0.2) is 5.82 Å². The number of rotatable bonds is 2. The minimum atomic E-state index is 0.769. The Morgan fingerprint density at radius 2 is 2.00 bits per heavy atom. The highest BCUT2D eigenvalue weighted by Gasteiger charge is 2.09. The van der Waals surface area contributed by atoms with E-state index in [1.54, 1.807) is 11.3 Å². The van der Waals surface area contributed by atoms with Gasteiger partial charge in [-0.3, -0.25) is 0 Å². The van der Waals surface area contributed by atoms with Crippen LogP contribution >= 0.6 is 11.3 Å². The Labute approximate surface area is 96.6 Å². The van der Waals surface area contributed by atoms with Crippen molar-refractivity contribution in [3.8, 4) is 0 Å². The summed E-state index contributed by atoms with van der Waals surface area (Å²) in [7, 11) is 0. The molecule has 0 aliphatic rings. The van der Waals surface area contributed by atoms with E-state index in [-0.39, 0.29) is 0 Å². The van der Waals surface area contributed by atoms with E-state index in [4.69, 9.17) is 0 Å². The molecule has 16 heavy (non-hydrogen) atoms. The SMILES string of the molecule is Cc1nn2c(Cc3ccccc3)nnc2s1. The summed E-state index contributed by atoms with van der Waals surface area (Å²) >= 11 is 1.56. The summed E-state index contributed by atoms with van der Waals surface area (Å²) in [6, 6.07) is 10.2. The van der Waals surface area contributed by atoms with Crippen molar-refractivity contribution in [2.24, 2.45) is 0 Å². The summed E-state index contributed by atoms with van der Waals surface area (Å²) in [5.74, 6) is 0.894. The second-order valence-corrected chi connectivity index (χ2v) is 4.75. The standard InChI is InChI=1S/C11H10N4S/c1-8-14-15-10(12-13-11(15)16-8)7-9-5-3-2-4-6-9/h2-6H,7H2,1H3. The fourth-order valence-corrected chi connectivity index (χ4v) is 2.34. The van der Waals surface area contributed by atoms with Gasteiger partial charge >= 0.3 is 0 Å². The molecule has 5 heteroatoms. The molecule has 0 amide bonds. The monoisotopic (exact) mass is 230 g/mol. The van der Waals surface area contributed by atoms with Gasteiger partial charge in [0, 0.05) is 6.42 Å². The molecule has 1 aromatic carbocycles. The first kappa shape index (κ1) is 9.47. The highest BCUT2D eigenvalue weighted by atomic mass is 32.1. The van der Waals surface area contributed by atoms with Gasteiger partial charge in [-0.15, -0.1) is 10.2 Å². The Morgan fingerprint density at radius 3 is 2.81 bits per heavy atom. The van der Waals surface area contributed by atoms with E-state index in [0.717, 1.165) is 22.2 Å². The molecule has 3 aromatic rings. The summed E-state index contributed by atoms with van der Waals surface area (Å²) < 4.78 is 1.83. The minimum absolute atomic E-state index is 0.769. The van der Waals surface area contributed by atoms with Crippen molar-refractivity contribution in [1.29, 1.82) is 0 Å². The largest absolute Gasteiger partial charge is 0.234 e. The second-order valence-electron chi connectivity index (χ2n) is 3.59. The number of benzene rings is 1. The lowest BCUT2D eigenvalue weighted by Gasteiger charge is -1.96. The van der Waals surface area contributed by atoms with E-state index in [1.807, 2.05) is 29.6 Å². The maximum atomic E-state index is 4.38. The lowest BCUT2D eigenvalue weighted by atomic mass is 10.1. The summed E-state index contributed by atoms with van der Waals surface area (Å²) in [5, 5.41) is 13.6. The van der Waals surface area contributed by atoms with Gasteiger partial charge in [-0.05, 0) is 12.5 Å². The number of hydrogen-bond acceptors (Lipinski definition) is 4. The Bertz CT molecular complexity index is 611. The summed E-state index contributed by atoms with van der Waals surface area (Å²) in [6.45, 7) is 1.98. The molecule has 0 radical (unpaired) electrons.